The number of aryl methyl sites for hydroxylation is 1. The molecule has 0 saturated carbocycles. The van der Waals surface area contributed by atoms with Crippen LogP contribution in [0.4, 0.5) is 0 Å². The molecule has 16 heavy (non-hydrogen) atoms. The predicted molar refractivity (Wildman–Crippen MR) is 79.6 cm³/mol. The second-order valence-corrected chi connectivity index (χ2v) is 7.52. The summed E-state index contributed by atoms with van der Waals surface area (Å²) in [5.74, 6) is 0. The Bertz CT molecular complexity index is 572. The van der Waals surface area contributed by atoms with Gasteiger partial charge in [-0.05, 0) is 59.9 Å². The second kappa shape index (κ2) is 5.13. The second-order valence-electron chi connectivity index (χ2n) is 3.22. The van der Waals surface area contributed by atoms with Gasteiger partial charge in [0.15, 0.2) is 0 Å². The fourth-order valence-corrected chi connectivity index (χ4v) is 3.70. The van der Waals surface area contributed by atoms with Gasteiger partial charge in [-0.25, -0.2) is 0 Å². The van der Waals surface area contributed by atoms with Crippen LogP contribution in [-0.4, -0.2) is 0 Å². The normalized spacial score (nSPS) is 11.4. The Balaban J connectivity index is 2.37. The number of nitriles is 1. The van der Waals surface area contributed by atoms with E-state index in [0.29, 0.717) is 0 Å². The number of rotatable bonds is 2. The molecule has 0 unspecified atom stereocenters. The summed E-state index contributed by atoms with van der Waals surface area (Å²) in [5.41, 5.74) is 0.745. The lowest BCUT2D eigenvalue weighted by atomic mass is 10.2. The third kappa shape index (κ3) is 2.73. The summed E-state index contributed by atoms with van der Waals surface area (Å²) < 4.78 is 1.20. The van der Waals surface area contributed by atoms with Gasteiger partial charge in [-0.1, -0.05) is 0 Å². The van der Waals surface area contributed by atoms with Crippen molar-refractivity contribution >= 4 is 56.9 Å². The van der Waals surface area contributed by atoms with Gasteiger partial charge in [-0.15, -0.1) is 22.7 Å². The summed E-state index contributed by atoms with van der Waals surface area (Å²) in [5, 5.41) is 9.15. The lowest BCUT2D eigenvalue weighted by molar-refractivity contribution is 1.54. The molecule has 1 nitrogen and oxygen atoms in total. The molecule has 0 aliphatic carbocycles. The summed E-state index contributed by atoms with van der Waals surface area (Å²) in [6, 6.07) is 10.4. The van der Waals surface area contributed by atoms with Gasteiger partial charge in [0.2, 0.25) is 0 Å². The van der Waals surface area contributed by atoms with E-state index in [1.54, 1.807) is 22.7 Å². The molecule has 0 atom stereocenters. The summed E-state index contributed by atoms with van der Waals surface area (Å²) >= 11 is 5.63. The minimum absolute atomic E-state index is 0.745. The highest BCUT2D eigenvalue weighted by Gasteiger charge is 2.04. The van der Waals surface area contributed by atoms with Crippen LogP contribution in [0.2, 0.25) is 0 Å². The molecular weight excluding hydrogens is 349 g/mol. The standard InChI is InChI=1S/C12H8INS2/c1-8-2-3-10(15-8)6-9(7-14)11-4-5-12(13)16-11/h2-6H,1H3/b9-6+. The van der Waals surface area contributed by atoms with Crippen molar-refractivity contribution in [3.8, 4) is 6.07 Å². The molecule has 0 spiro atoms. The van der Waals surface area contributed by atoms with Crippen LogP contribution < -0.4 is 0 Å². The zero-order chi connectivity index (χ0) is 11.5. The maximum atomic E-state index is 9.15. The molecule has 2 rings (SSSR count). The van der Waals surface area contributed by atoms with Crippen LogP contribution in [0.25, 0.3) is 11.6 Å². The fraction of sp³-hybridized carbons (Fsp3) is 0.0833. The summed E-state index contributed by atoms with van der Waals surface area (Å²) in [4.78, 5) is 3.44. The van der Waals surface area contributed by atoms with Gasteiger partial charge in [-0.3, -0.25) is 0 Å². The van der Waals surface area contributed by atoms with Crippen LogP contribution in [0.5, 0.6) is 0 Å². The van der Waals surface area contributed by atoms with Crippen molar-refractivity contribution in [2.45, 2.75) is 6.92 Å². The maximum absolute atomic E-state index is 9.15. The van der Waals surface area contributed by atoms with E-state index in [9.17, 15) is 0 Å². The van der Waals surface area contributed by atoms with Crippen LogP contribution in [0.1, 0.15) is 14.6 Å². The van der Waals surface area contributed by atoms with Crippen molar-refractivity contribution < 1.29 is 0 Å². The van der Waals surface area contributed by atoms with Crippen molar-refractivity contribution in [1.82, 2.24) is 0 Å². The number of nitrogens with zero attached hydrogens (tertiary/aromatic N) is 1. The van der Waals surface area contributed by atoms with Gasteiger partial charge in [0, 0.05) is 14.6 Å². The third-order valence-electron chi connectivity index (χ3n) is 2.01. The number of allylic oxidation sites excluding steroid dienone is 1. The Kier molecular flexibility index (Phi) is 3.79. The van der Waals surface area contributed by atoms with Crippen molar-refractivity contribution in [3.05, 3.63) is 41.8 Å². The Morgan fingerprint density at radius 2 is 2.12 bits per heavy atom. The highest BCUT2D eigenvalue weighted by atomic mass is 127. The van der Waals surface area contributed by atoms with E-state index < -0.39 is 0 Å². The van der Waals surface area contributed by atoms with Gasteiger partial charge in [-0.2, -0.15) is 5.26 Å². The van der Waals surface area contributed by atoms with Crippen LogP contribution in [0, 0.1) is 21.1 Å². The van der Waals surface area contributed by atoms with Gasteiger partial charge < -0.3 is 0 Å². The lowest BCUT2D eigenvalue weighted by Crippen LogP contribution is -1.72. The van der Waals surface area contributed by atoms with Crippen LogP contribution in [0.3, 0.4) is 0 Å². The first-order valence-corrected chi connectivity index (χ1v) is 7.34. The topological polar surface area (TPSA) is 23.8 Å². The molecule has 0 radical (unpaired) electrons. The van der Waals surface area contributed by atoms with E-state index in [2.05, 4.69) is 47.7 Å². The first-order chi connectivity index (χ1) is 7.69. The first kappa shape index (κ1) is 11.8. The molecular formula is C12H8INS2. The molecule has 0 aromatic carbocycles. The molecule has 0 N–H and O–H groups in total. The molecule has 0 aliphatic rings. The molecule has 0 bridgehead atoms. The van der Waals surface area contributed by atoms with E-state index in [1.165, 1.54) is 7.76 Å². The number of hydrogen-bond acceptors (Lipinski definition) is 3. The highest BCUT2D eigenvalue weighted by Crippen LogP contribution is 2.28. The average Bonchev–Trinajstić information content (AvgIpc) is 2.84. The lowest BCUT2D eigenvalue weighted by Gasteiger charge is -1.91. The summed E-state index contributed by atoms with van der Waals surface area (Å²) in [7, 11) is 0. The van der Waals surface area contributed by atoms with E-state index in [0.717, 1.165) is 15.3 Å². The molecule has 2 heterocycles. The van der Waals surface area contributed by atoms with E-state index in [1.807, 2.05) is 18.2 Å². The van der Waals surface area contributed by atoms with Gasteiger partial charge in [0.1, 0.15) is 6.07 Å². The van der Waals surface area contributed by atoms with Crippen molar-refractivity contribution in [2.24, 2.45) is 0 Å². The molecule has 0 fully saturated rings. The first-order valence-electron chi connectivity index (χ1n) is 4.63. The third-order valence-corrected chi connectivity index (χ3v) is 4.88. The van der Waals surface area contributed by atoms with Gasteiger partial charge in [0.05, 0.1) is 8.46 Å². The Hall–Kier alpha value is -0.640. The van der Waals surface area contributed by atoms with Crippen molar-refractivity contribution in [2.75, 3.05) is 0 Å². The number of halogens is 1. The molecule has 0 aliphatic heterocycles. The quantitative estimate of drug-likeness (QED) is 0.560. The predicted octanol–water partition coefficient (Wildman–Crippen LogP) is 4.79. The van der Waals surface area contributed by atoms with E-state index in [-0.39, 0.29) is 0 Å². The highest BCUT2D eigenvalue weighted by molar-refractivity contribution is 14.1. The van der Waals surface area contributed by atoms with Crippen molar-refractivity contribution in [3.63, 3.8) is 0 Å². The number of thiophene rings is 2. The van der Waals surface area contributed by atoms with E-state index >= 15 is 0 Å². The molecule has 0 saturated heterocycles. The summed E-state index contributed by atoms with van der Waals surface area (Å²) in [6.07, 6.45) is 1.96. The van der Waals surface area contributed by atoms with Crippen LogP contribution in [-0.2, 0) is 0 Å². The monoisotopic (exact) mass is 357 g/mol. The van der Waals surface area contributed by atoms with Gasteiger partial charge in [0.25, 0.3) is 0 Å². The molecule has 80 valence electrons. The zero-order valence-electron chi connectivity index (χ0n) is 8.53. The number of hydrogen-bond donors (Lipinski definition) is 0. The Morgan fingerprint density at radius 1 is 1.31 bits per heavy atom. The zero-order valence-corrected chi connectivity index (χ0v) is 12.3. The Labute approximate surface area is 116 Å². The SMILES string of the molecule is Cc1ccc(/C=C(\C#N)c2ccc(I)s2)s1. The molecule has 2 aromatic heterocycles. The van der Waals surface area contributed by atoms with E-state index in [4.69, 9.17) is 5.26 Å². The van der Waals surface area contributed by atoms with Gasteiger partial charge >= 0.3 is 0 Å². The van der Waals surface area contributed by atoms with Crippen LogP contribution >= 0.6 is 45.3 Å². The van der Waals surface area contributed by atoms with Crippen LogP contribution in [0.15, 0.2) is 24.3 Å². The summed E-state index contributed by atoms with van der Waals surface area (Å²) in [6.45, 7) is 2.07. The molecule has 2 aromatic rings. The Morgan fingerprint density at radius 3 is 2.62 bits per heavy atom. The largest absolute Gasteiger partial charge is 0.192 e. The van der Waals surface area contributed by atoms with Crippen molar-refractivity contribution in [1.29, 1.82) is 5.26 Å². The smallest absolute Gasteiger partial charge is 0.101 e. The maximum Gasteiger partial charge on any atom is 0.101 e. The average molecular weight is 357 g/mol. The minimum atomic E-state index is 0.745. The molecule has 0 amide bonds. The fourth-order valence-electron chi connectivity index (χ4n) is 1.29. The minimum Gasteiger partial charge on any atom is -0.192 e. The molecule has 4 heteroatoms.